The van der Waals surface area contributed by atoms with Gasteiger partial charge in [-0.15, -0.1) is 0 Å². The van der Waals surface area contributed by atoms with E-state index in [0.717, 1.165) is 6.26 Å². The highest BCUT2D eigenvalue weighted by molar-refractivity contribution is 7.90. The van der Waals surface area contributed by atoms with Crippen LogP contribution in [0.2, 0.25) is 0 Å². The summed E-state index contributed by atoms with van der Waals surface area (Å²) in [5.74, 6) is -1.51. The Bertz CT molecular complexity index is 762. The summed E-state index contributed by atoms with van der Waals surface area (Å²) in [6, 6.07) is 5.68. The first-order valence-electron chi connectivity index (χ1n) is 5.42. The fraction of sp³-hybridized carbons (Fsp3) is 0.167. The van der Waals surface area contributed by atoms with Crippen LogP contribution in [0.1, 0.15) is 10.6 Å². The second kappa shape index (κ2) is 4.97. The number of methoxy groups -OCH3 is 1. The lowest BCUT2D eigenvalue weighted by molar-refractivity contribution is 0.0652. The molecule has 0 radical (unpaired) electrons. The number of nitrogens with zero attached hydrogens (tertiary/aromatic N) is 1. The van der Waals surface area contributed by atoms with Crippen molar-refractivity contribution in [3.63, 3.8) is 0 Å². The molecule has 0 aliphatic heterocycles. The van der Waals surface area contributed by atoms with Crippen LogP contribution in [0.15, 0.2) is 33.7 Å². The van der Waals surface area contributed by atoms with Crippen molar-refractivity contribution < 1.29 is 27.6 Å². The summed E-state index contributed by atoms with van der Waals surface area (Å²) in [5, 5.41) is 12.4. The summed E-state index contributed by atoms with van der Waals surface area (Å²) < 4.78 is 33.2. The fourth-order valence-electron chi connectivity index (χ4n) is 1.72. The molecule has 0 unspecified atom stereocenters. The van der Waals surface area contributed by atoms with Crippen LogP contribution in [0.5, 0.6) is 5.75 Å². The van der Waals surface area contributed by atoms with Gasteiger partial charge in [0.15, 0.2) is 9.84 Å². The average molecular weight is 297 g/mol. The highest BCUT2D eigenvalue weighted by Gasteiger charge is 2.21. The zero-order chi connectivity index (χ0) is 14.9. The van der Waals surface area contributed by atoms with Gasteiger partial charge in [0.25, 0.3) is 0 Å². The number of benzene rings is 1. The molecule has 0 amide bonds. The van der Waals surface area contributed by atoms with E-state index < -0.39 is 15.8 Å². The normalized spacial score (nSPS) is 11.3. The highest BCUT2D eigenvalue weighted by Crippen LogP contribution is 2.35. The first-order chi connectivity index (χ1) is 9.34. The molecule has 106 valence electrons. The Labute approximate surface area is 114 Å². The first kappa shape index (κ1) is 14.1. The SMILES string of the molecule is COc1c(-c2cc(C(=O)O)on2)cccc1S(C)(=O)=O. The van der Waals surface area contributed by atoms with E-state index in [0.29, 0.717) is 5.56 Å². The predicted molar refractivity (Wildman–Crippen MR) is 68.6 cm³/mol. The van der Waals surface area contributed by atoms with E-state index in [9.17, 15) is 13.2 Å². The fourth-order valence-corrected chi connectivity index (χ4v) is 2.58. The third kappa shape index (κ3) is 2.50. The van der Waals surface area contributed by atoms with E-state index in [2.05, 4.69) is 9.68 Å². The van der Waals surface area contributed by atoms with Gasteiger partial charge >= 0.3 is 5.97 Å². The van der Waals surface area contributed by atoms with E-state index in [1.807, 2.05) is 0 Å². The number of sulfone groups is 1. The number of carbonyl (C=O) groups is 1. The lowest BCUT2D eigenvalue weighted by Gasteiger charge is -2.10. The van der Waals surface area contributed by atoms with Crippen molar-refractivity contribution in [2.45, 2.75) is 4.90 Å². The Hall–Kier alpha value is -2.35. The van der Waals surface area contributed by atoms with Gasteiger partial charge in [-0.3, -0.25) is 0 Å². The molecule has 0 aliphatic rings. The molecule has 0 saturated carbocycles. The van der Waals surface area contributed by atoms with Crippen molar-refractivity contribution in [1.29, 1.82) is 0 Å². The summed E-state index contributed by atoms with van der Waals surface area (Å²) in [6.45, 7) is 0. The summed E-state index contributed by atoms with van der Waals surface area (Å²) in [7, 11) is -2.16. The Morgan fingerprint density at radius 3 is 2.60 bits per heavy atom. The Kier molecular flexibility index (Phi) is 3.49. The van der Waals surface area contributed by atoms with E-state index in [4.69, 9.17) is 9.84 Å². The summed E-state index contributed by atoms with van der Waals surface area (Å²) in [6.07, 6.45) is 1.06. The lowest BCUT2D eigenvalue weighted by Crippen LogP contribution is -2.02. The van der Waals surface area contributed by atoms with Gasteiger partial charge in [0.2, 0.25) is 5.76 Å². The number of carboxylic acid groups (broad SMARTS) is 1. The monoisotopic (exact) mass is 297 g/mol. The first-order valence-corrected chi connectivity index (χ1v) is 7.31. The Balaban J connectivity index is 2.65. The number of ether oxygens (including phenoxy) is 1. The minimum atomic E-state index is -3.49. The van der Waals surface area contributed by atoms with Crippen molar-refractivity contribution in [3.05, 3.63) is 30.0 Å². The Morgan fingerprint density at radius 2 is 2.10 bits per heavy atom. The maximum absolute atomic E-state index is 11.7. The lowest BCUT2D eigenvalue weighted by atomic mass is 10.1. The van der Waals surface area contributed by atoms with Crippen LogP contribution in [-0.2, 0) is 9.84 Å². The predicted octanol–water partition coefficient (Wildman–Crippen LogP) is 1.45. The van der Waals surface area contributed by atoms with Gasteiger partial charge < -0.3 is 14.4 Å². The molecule has 1 aromatic carbocycles. The number of hydrogen-bond donors (Lipinski definition) is 1. The number of aromatic carboxylic acids is 1. The summed E-state index contributed by atoms with van der Waals surface area (Å²) in [4.78, 5) is 10.8. The maximum Gasteiger partial charge on any atom is 0.374 e. The van der Waals surface area contributed by atoms with Crippen molar-refractivity contribution in [2.75, 3.05) is 13.4 Å². The quantitative estimate of drug-likeness (QED) is 0.910. The molecule has 0 saturated heterocycles. The molecular formula is C12H11NO6S. The van der Waals surface area contributed by atoms with Gasteiger partial charge in [0, 0.05) is 17.9 Å². The second-order valence-electron chi connectivity index (χ2n) is 3.99. The number of para-hydroxylation sites is 1. The third-order valence-electron chi connectivity index (χ3n) is 2.58. The Morgan fingerprint density at radius 1 is 1.40 bits per heavy atom. The third-order valence-corrected chi connectivity index (χ3v) is 3.70. The molecule has 0 bridgehead atoms. The molecule has 1 heterocycles. The van der Waals surface area contributed by atoms with E-state index in [1.165, 1.54) is 25.3 Å². The zero-order valence-electron chi connectivity index (χ0n) is 10.7. The van der Waals surface area contributed by atoms with Crippen molar-refractivity contribution in [2.24, 2.45) is 0 Å². The zero-order valence-corrected chi connectivity index (χ0v) is 11.5. The van der Waals surface area contributed by atoms with Gasteiger partial charge in [-0.25, -0.2) is 13.2 Å². The van der Waals surface area contributed by atoms with E-state index >= 15 is 0 Å². The molecular weight excluding hydrogens is 286 g/mol. The molecule has 1 N–H and O–H groups in total. The highest BCUT2D eigenvalue weighted by atomic mass is 32.2. The number of carboxylic acids is 1. The second-order valence-corrected chi connectivity index (χ2v) is 5.97. The number of aromatic nitrogens is 1. The van der Waals surface area contributed by atoms with Crippen LogP contribution in [0.4, 0.5) is 0 Å². The smallest absolute Gasteiger partial charge is 0.374 e. The number of hydrogen-bond acceptors (Lipinski definition) is 6. The standard InChI is InChI=1S/C12H11NO6S/c1-18-11-7(4-3-5-10(11)20(2,16)17)8-6-9(12(14)15)19-13-8/h3-6H,1-2H3,(H,14,15). The van der Waals surface area contributed by atoms with Gasteiger partial charge in [-0.2, -0.15) is 0 Å². The molecule has 0 spiro atoms. The van der Waals surface area contributed by atoms with Gasteiger partial charge in [0.05, 0.1) is 7.11 Å². The van der Waals surface area contributed by atoms with E-state index in [-0.39, 0.29) is 22.1 Å². The molecule has 0 aliphatic carbocycles. The molecule has 20 heavy (non-hydrogen) atoms. The van der Waals surface area contributed by atoms with Gasteiger partial charge in [-0.05, 0) is 12.1 Å². The molecule has 7 nitrogen and oxygen atoms in total. The van der Waals surface area contributed by atoms with Crippen LogP contribution in [0, 0.1) is 0 Å². The van der Waals surface area contributed by atoms with Crippen LogP contribution >= 0.6 is 0 Å². The molecule has 0 fully saturated rings. The topological polar surface area (TPSA) is 107 Å². The summed E-state index contributed by atoms with van der Waals surface area (Å²) in [5.41, 5.74) is 0.524. The molecule has 1 aromatic heterocycles. The minimum Gasteiger partial charge on any atom is -0.495 e. The van der Waals surface area contributed by atoms with E-state index in [1.54, 1.807) is 6.07 Å². The van der Waals surface area contributed by atoms with Crippen molar-refractivity contribution in [3.8, 4) is 17.0 Å². The average Bonchev–Trinajstić information content (AvgIpc) is 2.86. The largest absolute Gasteiger partial charge is 0.495 e. The van der Waals surface area contributed by atoms with Crippen molar-refractivity contribution in [1.82, 2.24) is 5.16 Å². The number of rotatable bonds is 4. The van der Waals surface area contributed by atoms with Crippen LogP contribution in [0.3, 0.4) is 0 Å². The molecule has 2 rings (SSSR count). The van der Waals surface area contributed by atoms with Crippen LogP contribution in [0.25, 0.3) is 11.3 Å². The molecule has 2 aromatic rings. The van der Waals surface area contributed by atoms with Crippen molar-refractivity contribution >= 4 is 15.8 Å². The van der Waals surface area contributed by atoms with Crippen LogP contribution < -0.4 is 4.74 Å². The maximum atomic E-state index is 11.7. The minimum absolute atomic E-state index is 0.00243. The van der Waals surface area contributed by atoms with Gasteiger partial charge in [0.1, 0.15) is 16.3 Å². The summed E-state index contributed by atoms with van der Waals surface area (Å²) >= 11 is 0. The molecule has 0 atom stereocenters. The van der Waals surface area contributed by atoms with Crippen LogP contribution in [-0.4, -0.2) is 38.0 Å². The molecule has 8 heteroatoms. The van der Waals surface area contributed by atoms with Gasteiger partial charge in [-0.1, -0.05) is 11.2 Å².